The van der Waals surface area contributed by atoms with Crippen molar-refractivity contribution in [1.82, 2.24) is 10.2 Å². The molecule has 10 heteroatoms. The van der Waals surface area contributed by atoms with E-state index in [9.17, 15) is 18.0 Å². The number of hydrogen-bond acceptors (Lipinski definition) is 5. The lowest BCUT2D eigenvalue weighted by atomic mass is 10.1. The zero-order chi connectivity index (χ0) is 27.9. The molecule has 3 aromatic carbocycles. The molecule has 8 nitrogen and oxygen atoms in total. The van der Waals surface area contributed by atoms with Gasteiger partial charge in [-0.3, -0.25) is 13.9 Å². The van der Waals surface area contributed by atoms with Gasteiger partial charge >= 0.3 is 0 Å². The Kier molecular flexibility index (Phi) is 9.77. The van der Waals surface area contributed by atoms with Crippen molar-refractivity contribution in [1.29, 1.82) is 0 Å². The highest BCUT2D eigenvalue weighted by molar-refractivity contribution is 7.92. The third kappa shape index (κ3) is 6.85. The summed E-state index contributed by atoms with van der Waals surface area (Å²) in [6, 6.07) is 19.0. The number of aryl methyl sites for hydroxylation is 1. The van der Waals surface area contributed by atoms with Gasteiger partial charge in [0.05, 0.1) is 17.2 Å². The van der Waals surface area contributed by atoms with Gasteiger partial charge in [-0.05, 0) is 68.8 Å². The fraction of sp³-hybridized carbons (Fsp3) is 0.286. The Bertz CT molecular complexity index is 1360. The van der Waals surface area contributed by atoms with Gasteiger partial charge in [-0.2, -0.15) is 0 Å². The van der Waals surface area contributed by atoms with E-state index >= 15 is 0 Å². The van der Waals surface area contributed by atoms with Crippen LogP contribution in [-0.2, 0) is 26.2 Å². The Morgan fingerprint density at radius 2 is 1.63 bits per heavy atom. The van der Waals surface area contributed by atoms with Gasteiger partial charge in [0, 0.05) is 18.6 Å². The Hall–Kier alpha value is -3.56. The molecule has 0 unspecified atom stereocenters. The number of nitrogens with zero attached hydrogens (tertiary/aromatic N) is 2. The number of hydrogen-bond donors (Lipinski definition) is 1. The largest absolute Gasteiger partial charge is 0.494 e. The van der Waals surface area contributed by atoms with E-state index in [-0.39, 0.29) is 23.0 Å². The second kappa shape index (κ2) is 12.8. The number of nitrogens with one attached hydrogen (secondary N) is 1. The van der Waals surface area contributed by atoms with Crippen LogP contribution < -0.4 is 14.4 Å². The first-order valence-electron chi connectivity index (χ1n) is 12.1. The summed E-state index contributed by atoms with van der Waals surface area (Å²) in [6.07, 6.45) is 0. The highest BCUT2D eigenvalue weighted by Gasteiger charge is 2.32. The molecule has 0 bridgehead atoms. The fourth-order valence-corrected chi connectivity index (χ4v) is 5.45. The van der Waals surface area contributed by atoms with Crippen molar-refractivity contribution in [3.05, 3.63) is 88.9 Å². The van der Waals surface area contributed by atoms with E-state index in [1.165, 1.54) is 24.1 Å². The van der Waals surface area contributed by atoms with Crippen molar-refractivity contribution < 1.29 is 22.7 Å². The zero-order valence-electron chi connectivity index (χ0n) is 21.8. The number of carbonyl (C=O) groups excluding carboxylic acids is 2. The lowest BCUT2D eigenvalue weighted by molar-refractivity contribution is -0.139. The predicted octanol–water partition coefficient (Wildman–Crippen LogP) is 4.41. The third-order valence-corrected chi connectivity index (χ3v) is 8.19. The maximum absolute atomic E-state index is 13.8. The minimum absolute atomic E-state index is 0.0226. The smallest absolute Gasteiger partial charge is 0.264 e. The van der Waals surface area contributed by atoms with Gasteiger partial charge < -0.3 is 15.0 Å². The standard InChI is InChI=1S/C28H32ClN3O5S/c1-5-37-24-14-12-23(13-15-24)32(38(35,36)25-16-10-20(2)11-17-25)19-27(33)31(21(3)28(34)30-4)18-22-8-6-7-9-26(22)29/h6-17,21H,5,18-19H2,1-4H3,(H,30,34)/t21-/m1/s1. The topological polar surface area (TPSA) is 96.0 Å². The Morgan fingerprint density at radius 3 is 2.21 bits per heavy atom. The molecule has 0 spiro atoms. The molecule has 0 radical (unpaired) electrons. The van der Waals surface area contributed by atoms with Gasteiger partial charge in [-0.1, -0.05) is 47.5 Å². The molecule has 1 atom stereocenters. The van der Waals surface area contributed by atoms with Crippen molar-refractivity contribution in [3.63, 3.8) is 0 Å². The Balaban J connectivity index is 2.04. The Labute approximate surface area is 229 Å². The maximum Gasteiger partial charge on any atom is 0.264 e. The summed E-state index contributed by atoms with van der Waals surface area (Å²) < 4.78 is 34.2. The molecule has 0 saturated heterocycles. The monoisotopic (exact) mass is 557 g/mol. The number of anilines is 1. The molecule has 3 rings (SSSR count). The molecule has 0 fully saturated rings. The summed E-state index contributed by atoms with van der Waals surface area (Å²) in [5.74, 6) is -0.381. The van der Waals surface area contributed by atoms with Crippen molar-refractivity contribution in [2.24, 2.45) is 0 Å². The molecule has 1 N–H and O–H groups in total. The van der Waals surface area contributed by atoms with E-state index < -0.39 is 28.5 Å². The molecular formula is C28H32ClN3O5S. The summed E-state index contributed by atoms with van der Waals surface area (Å²) in [7, 11) is -2.66. The quantitative estimate of drug-likeness (QED) is 0.377. The average molecular weight is 558 g/mol. The normalized spacial score (nSPS) is 11.9. The minimum Gasteiger partial charge on any atom is -0.494 e. The van der Waals surface area contributed by atoms with Gasteiger partial charge in [0.25, 0.3) is 10.0 Å². The molecule has 0 aliphatic rings. The van der Waals surface area contributed by atoms with Crippen molar-refractivity contribution in [2.75, 3.05) is 24.5 Å². The van der Waals surface area contributed by atoms with E-state index in [0.29, 0.717) is 22.9 Å². The van der Waals surface area contributed by atoms with E-state index in [4.69, 9.17) is 16.3 Å². The van der Waals surface area contributed by atoms with Crippen LogP contribution in [0.3, 0.4) is 0 Å². The summed E-state index contributed by atoms with van der Waals surface area (Å²) in [5.41, 5.74) is 1.82. The number of carbonyl (C=O) groups is 2. The van der Waals surface area contributed by atoms with Gasteiger partial charge in [0.15, 0.2) is 0 Å². The van der Waals surface area contributed by atoms with Crippen LogP contribution in [-0.4, -0.2) is 51.4 Å². The maximum atomic E-state index is 13.8. The van der Waals surface area contributed by atoms with E-state index in [1.807, 2.05) is 13.8 Å². The number of halogens is 1. The molecule has 0 aromatic heterocycles. The van der Waals surface area contributed by atoms with E-state index in [1.54, 1.807) is 67.6 Å². The van der Waals surface area contributed by atoms with Gasteiger partial charge in [0.1, 0.15) is 18.3 Å². The zero-order valence-corrected chi connectivity index (χ0v) is 23.4. The second-order valence-electron chi connectivity index (χ2n) is 8.65. The number of amides is 2. The molecule has 0 aliphatic carbocycles. The summed E-state index contributed by atoms with van der Waals surface area (Å²) in [5, 5.41) is 2.99. The average Bonchev–Trinajstić information content (AvgIpc) is 2.91. The number of ether oxygens (including phenoxy) is 1. The summed E-state index contributed by atoms with van der Waals surface area (Å²) >= 11 is 6.34. The molecule has 0 saturated carbocycles. The number of likely N-dealkylation sites (N-methyl/N-ethyl adjacent to an activating group) is 1. The molecule has 0 heterocycles. The van der Waals surface area contributed by atoms with Crippen LogP contribution in [0.2, 0.25) is 5.02 Å². The first kappa shape index (κ1) is 29.0. The number of benzene rings is 3. The highest BCUT2D eigenvalue weighted by Crippen LogP contribution is 2.27. The molecule has 3 aromatic rings. The van der Waals surface area contributed by atoms with E-state index in [2.05, 4.69) is 5.32 Å². The molecular weight excluding hydrogens is 526 g/mol. The first-order chi connectivity index (χ1) is 18.1. The lowest BCUT2D eigenvalue weighted by Crippen LogP contribution is -2.50. The van der Waals surface area contributed by atoms with Crippen LogP contribution in [0.5, 0.6) is 5.75 Å². The fourth-order valence-electron chi connectivity index (χ4n) is 3.84. The number of rotatable bonds is 11. The minimum atomic E-state index is -4.14. The third-order valence-electron chi connectivity index (χ3n) is 6.04. The highest BCUT2D eigenvalue weighted by atomic mass is 35.5. The summed E-state index contributed by atoms with van der Waals surface area (Å²) in [4.78, 5) is 27.7. The molecule has 0 aliphatic heterocycles. The van der Waals surface area contributed by atoms with Crippen LogP contribution in [0.25, 0.3) is 0 Å². The van der Waals surface area contributed by atoms with Crippen LogP contribution in [0.15, 0.2) is 77.7 Å². The SMILES string of the molecule is CCOc1ccc(N(CC(=O)N(Cc2ccccc2Cl)[C@H](C)C(=O)NC)S(=O)(=O)c2ccc(C)cc2)cc1. The van der Waals surface area contributed by atoms with Crippen molar-refractivity contribution in [2.45, 2.75) is 38.3 Å². The van der Waals surface area contributed by atoms with Crippen LogP contribution in [0, 0.1) is 6.92 Å². The molecule has 202 valence electrons. The number of sulfonamides is 1. The van der Waals surface area contributed by atoms with Gasteiger partial charge in [-0.15, -0.1) is 0 Å². The molecule has 2 amide bonds. The van der Waals surface area contributed by atoms with Crippen molar-refractivity contribution >= 4 is 39.1 Å². The summed E-state index contributed by atoms with van der Waals surface area (Å²) in [6.45, 7) is 5.24. The van der Waals surface area contributed by atoms with Gasteiger partial charge in [-0.25, -0.2) is 8.42 Å². The van der Waals surface area contributed by atoms with E-state index in [0.717, 1.165) is 9.87 Å². The first-order valence-corrected chi connectivity index (χ1v) is 14.0. The van der Waals surface area contributed by atoms with Crippen LogP contribution in [0.1, 0.15) is 25.0 Å². The second-order valence-corrected chi connectivity index (χ2v) is 10.9. The Morgan fingerprint density at radius 1 is 1.00 bits per heavy atom. The predicted molar refractivity (Wildman–Crippen MR) is 149 cm³/mol. The van der Waals surface area contributed by atoms with Crippen molar-refractivity contribution in [3.8, 4) is 5.75 Å². The van der Waals surface area contributed by atoms with Crippen LogP contribution >= 0.6 is 11.6 Å². The van der Waals surface area contributed by atoms with Gasteiger partial charge in [0.2, 0.25) is 11.8 Å². The molecule has 38 heavy (non-hydrogen) atoms. The lowest BCUT2D eigenvalue weighted by Gasteiger charge is -2.32. The van der Waals surface area contributed by atoms with Crippen LogP contribution in [0.4, 0.5) is 5.69 Å².